The van der Waals surface area contributed by atoms with Crippen LogP contribution in [0, 0.1) is 6.92 Å². The largest absolute Gasteiger partial charge is 0.323 e. The van der Waals surface area contributed by atoms with E-state index in [1.165, 1.54) is 0 Å². The van der Waals surface area contributed by atoms with E-state index < -0.39 is 5.54 Å². The molecule has 1 amide bonds. The summed E-state index contributed by atoms with van der Waals surface area (Å²) in [5, 5.41) is 3.34. The van der Waals surface area contributed by atoms with Crippen LogP contribution in [0.1, 0.15) is 24.8 Å². The van der Waals surface area contributed by atoms with Crippen molar-refractivity contribution in [2.75, 3.05) is 5.32 Å². The molecule has 0 bridgehead atoms. The van der Waals surface area contributed by atoms with Crippen molar-refractivity contribution in [3.8, 4) is 0 Å². The molecule has 0 atom stereocenters. The van der Waals surface area contributed by atoms with Crippen molar-refractivity contribution in [2.24, 2.45) is 5.73 Å². The van der Waals surface area contributed by atoms with Crippen molar-refractivity contribution in [3.63, 3.8) is 0 Å². The first-order valence-electron chi connectivity index (χ1n) is 5.38. The molecule has 0 unspecified atom stereocenters. The zero-order chi connectivity index (χ0) is 11.8. The predicted molar refractivity (Wildman–Crippen MR) is 65.6 cm³/mol. The second-order valence-electron chi connectivity index (χ2n) is 4.45. The number of halogens is 1. The number of aryl methyl sites for hydroxylation is 1. The maximum Gasteiger partial charge on any atom is 0.244 e. The number of carbonyl (C=O) groups excluding carboxylic acids is 1. The van der Waals surface area contributed by atoms with Gasteiger partial charge >= 0.3 is 0 Å². The summed E-state index contributed by atoms with van der Waals surface area (Å²) in [4.78, 5) is 11.9. The second kappa shape index (κ2) is 4.07. The summed E-state index contributed by atoms with van der Waals surface area (Å²) < 4.78 is 0. The zero-order valence-corrected chi connectivity index (χ0v) is 9.97. The van der Waals surface area contributed by atoms with Gasteiger partial charge in [-0.3, -0.25) is 4.79 Å². The molecule has 3 N–H and O–H groups in total. The minimum absolute atomic E-state index is 0.133. The fourth-order valence-corrected chi connectivity index (χ4v) is 1.93. The lowest BCUT2D eigenvalue weighted by molar-refractivity contribution is -0.123. The van der Waals surface area contributed by atoms with E-state index in [0.29, 0.717) is 10.7 Å². The van der Waals surface area contributed by atoms with Gasteiger partial charge in [0.05, 0.1) is 16.2 Å². The molecule has 1 fully saturated rings. The SMILES string of the molecule is Cc1ccc(Cl)c(NC(=O)C2(N)CCC2)c1. The van der Waals surface area contributed by atoms with Crippen LogP contribution in [0.3, 0.4) is 0 Å². The average Bonchev–Trinajstić information content (AvgIpc) is 2.20. The normalized spacial score (nSPS) is 17.7. The smallest absolute Gasteiger partial charge is 0.244 e. The third-order valence-corrected chi connectivity index (χ3v) is 3.40. The lowest BCUT2D eigenvalue weighted by Crippen LogP contribution is -2.56. The first-order chi connectivity index (χ1) is 7.51. The van der Waals surface area contributed by atoms with Gasteiger partial charge in [0, 0.05) is 0 Å². The maximum absolute atomic E-state index is 11.9. The highest BCUT2D eigenvalue weighted by Gasteiger charge is 2.40. The minimum Gasteiger partial charge on any atom is -0.323 e. The van der Waals surface area contributed by atoms with E-state index in [2.05, 4.69) is 5.32 Å². The molecule has 0 heterocycles. The van der Waals surface area contributed by atoms with Gasteiger partial charge in [0.25, 0.3) is 0 Å². The van der Waals surface area contributed by atoms with Gasteiger partial charge in [-0.25, -0.2) is 0 Å². The Kier molecular flexibility index (Phi) is 2.91. The summed E-state index contributed by atoms with van der Waals surface area (Å²) >= 11 is 6.00. The Balaban J connectivity index is 2.14. The van der Waals surface area contributed by atoms with Crippen LogP contribution >= 0.6 is 11.6 Å². The number of hydrogen-bond donors (Lipinski definition) is 2. The van der Waals surface area contributed by atoms with Crippen molar-refractivity contribution in [3.05, 3.63) is 28.8 Å². The Hall–Kier alpha value is -1.06. The molecule has 0 radical (unpaired) electrons. The fraction of sp³-hybridized carbons (Fsp3) is 0.417. The predicted octanol–water partition coefficient (Wildman–Crippen LogP) is 2.47. The van der Waals surface area contributed by atoms with Crippen LogP contribution in [0.4, 0.5) is 5.69 Å². The monoisotopic (exact) mass is 238 g/mol. The molecule has 3 nitrogen and oxygen atoms in total. The molecule has 2 rings (SSSR count). The van der Waals surface area contributed by atoms with E-state index in [1.54, 1.807) is 6.07 Å². The van der Waals surface area contributed by atoms with Gasteiger partial charge in [0.2, 0.25) is 5.91 Å². The van der Waals surface area contributed by atoms with Crippen LogP contribution < -0.4 is 11.1 Å². The van der Waals surface area contributed by atoms with Gasteiger partial charge in [0.15, 0.2) is 0 Å². The van der Waals surface area contributed by atoms with E-state index in [1.807, 2.05) is 19.1 Å². The Morgan fingerprint density at radius 1 is 1.50 bits per heavy atom. The number of benzene rings is 1. The van der Waals surface area contributed by atoms with Crippen LogP contribution in [-0.4, -0.2) is 11.4 Å². The Morgan fingerprint density at radius 3 is 2.75 bits per heavy atom. The highest BCUT2D eigenvalue weighted by molar-refractivity contribution is 6.33. The third-order valence-electron chi connectivity index (χ3n) is 3.07. The standard InChI is InChI=1S/C12H15ClN2O/c1-8-3-4-9(13)10(7-8)15-11(16)12(14)5-2-6-12/h3-4,7H,2,5-6,14H2,1H3,(H,15,16). The summed E-state index contributed by atoms with van der Waals surface area (Å²) in [6.07, 6.45) is 2.52. The van der Waals surface area contributed by atoms with Gasteiger partial charge < -0.3 is 11.1 Å². The Bertz CT molecular complexity index is 427. The molecular formula is C12H15ClN2O. The molecule has 1 aromatic carbocycles. The number of nitrogens with one attached hydrogen (secondary N) is 1. The summed E-state index contributed by atoms with van der Waals surface area (Å²) in [5.74, 6) is -0.133. The van der Waals surface area contributed by atoms with Crippen LogP contribution in [0.15, 0.2) is 18.2 Å². The Labute approximate surface area is 100.0 Å². The molecule has 16 heavy (non-hydrogen) atoms. The number of anilines is 1. The van der Waals surface area contributed by atoms with E-state index in [-0.39, 0.29) is 5.91 Å². The van der Waals surface area contributed by atoms with Crippen molar-refractivity contribution < 1.29 is 4.79 Å². The van der Waals surface area contributed by atoms with E-state index in [0.717, 1.165) is 24.8 Å². The van der Waals surface area contributed by atoms with E-state index >= 15 is 0 Å². The number of hydrogen-bond acceptors (Lipinski definition) is 2. The number of nitrogens with two attached hydrogens (primary N) is 1. The van der Waals surface area contributed by atoms with Gasteiger partial charge in [-0.2, -0.15) is 0 Å². The molecule has 0 aromatic heterocycles. The molecule has 1 aliphatic rings. The first kappa shape index (κ1) is 11.4. The summed E-state index contributed by atoms with van der Waals surface area (Å²) in [6.45, 7) is 1.95. The number of carbonyl (C=O) groups is 1. The lowest BCUT2D eigenvalue weighted by Gasteiger charge is -2.36. The molecule has 0 aliphatic heterocycles. The van der Waals surface area contributed by atoms with Crippen molar-refractivity contribution in [2.45, 2.75) is 31.7 Å². The molecule has 0 saturated heterocycles. The average molecular weight is 239 g/mol. The van der Waals surface area contributed by atoms with Crippen LogP contribution in [0.2, 0.25) is 5.02 Å². The van der Waals surface area contributed by atoms with Crippen molar-refractivity contribution >= 4 is 23.2 Å². The van der Waals surface area contributed by atoms with Crippen LogP contribution in [0.5, 0.6) is 0 Å². The van der Waals surface area contributed by atoms with Crippen molar-refractivity contribution in [1.29, 1.82) is 0 Å². The Morgan fingerprint density at radius 2 is 2.19 bits per heavy atom. The van der Waals surface area contributed by atoms with E-state index in [9.17, 15) is 4.79 Å². The number of rotatable bonds is 2. The second-order valence-corrected chi connectivity index (χ2v) is 4.85. The highest BCUT2D eigenvalue weighted by Crippen LogP contribution is 2.31. The van der Waals surface area contributed by atoms with Crippen LogP contribution in [-0.2, 0) is 4.79 Å². The topological polar surface area (TPSA) is 55.1 Å². The summed E-state index contributed by atoms with van der Waals surface area (Å²) in [5.41, 5.74) is 6.94. The minimum atomic E-state index is -0.687. The van der Waals surface area contributed by atoms with Gasteiger partial charge in [-0.05, 0) is 43.9 Å². The molecule has 1 saturated carbocycles. The fourth-order valence-electron chi connectivity index (χ4n) is 1.77. The third kappa shape index (κ3) is 2.06. The van der Waals surface area contributed by atoms with Crippen LogP contribution in [0.25, 0.3) is 0 Å². The number of amides is 1. The first-order valence-corrected chi connectivity index (χ1v) is 5.75. The lowest BCUT2D eigenvalue weighted by atomic mass is 9.77. The molecule has 86 valence electrons. The molecule has 1 aromatic rings. The molecular weight excluding hydrogens is 224 g/mol. The van der Waals surface area contributed by atoms with Gasteiger partial charge in [0.1, 0.15) is 0 Å². The molecule has 0 spiro atoms. The zero-order valence-electron chi connectivity index (χ0n) is 9.22. The maximum atomic E-state index is 11.9. The van der Waals surface area contributed by atoms with Crippen molar-refractivity contribution in [1.82, 2.24) is 0 Å². The molecule has 1 aliphatic carbocycles. The summed E-state index contributed by atoms with van der Waals surface area (Å²) in [7, 11) is 0. The summed E-state index contributed by atoms with van der Waals surface area (Å²) in [6, 6.07) is 5.53. The molecule has 4 heteroatoms. The quantitative estimate of drug-likeness (QED) is 0.832. The van der Waals surface area contributed by atoms with E-state index in [4.69, 9.17) is 17.3 Å². The highest BCUT2D eigenvalue weighted by atomic mass is 35.5. The van der Waals surface area contributed by atoms with Gasteiger partial charge in [-0.1, -0.05) is 17.7 Å². The van der Waals surface area contributed by atoms with Gasteiger partial charge in [-0.15, -0.1) is 0 Å².